The molecule has 2 aromatic heterocycles. The number of carbonyl (C=O) groups excluding carboxylic acids is 1. The van der Waals surface area contributed by atoms with Gasteiger partial charge >= 0.3 is 0 Å². The van der Waals surface area contributed by atoms with Crippen LogP contribution < -0.4 is 4.90 Å². The van der Waals surface area contributed by atoms with Crippen molar-refractivity contribution in [2.45, 2.75) is 6.54 Å². The number of aromatic nitrogens is 1. The second-order valence-corrected chi connectivity index (χ2v) is 5.14. The second-order valence-electron chi connectivity index (χ2n) is 4.71. The second kappa shape index (κ2) is 6.45. The summed E-state index contributed by atoms with van der Waals surface area (Å²) in [5.41, 5.74) is 1.67. The normalized spacial score (nSPS) is 10.4. The van der Waals surface area contributed by atoms with E-state index in [0.29, 0.717) is 17.3 Å². The molecule has 110 valence electrons. The maximum atomic E-state index is 12.7. The van der Waals surface area contributed by atoms with Gasteiger partial charge in [0.2, 0.25) is 0 Å². The zero-order valence-corrected chi connectivity index (χ0v) is 12.4. The molecule has 1 amide bonds. The molecule has 0 N–H and O–H groups in total. The zero-order valence-electron chi connectivity index (χ0n) is 11.6. The molecule has 3 rings (SSSR count). The molecule has 0 aliphatic rings. The molecule has 0 aliphatic heterocycles. The van der Waals surface area contributed by atoms with Gasteiger partial charge in [0.25, 0.3) is 5.91 Å². The van der Waals surface area contributed by atoms with Gasteiger partial charge in [-0.3, -0.25) is 9.78 Å². The Labute approximate surface area is 133 Å². The maximum absolute atomic E-state index is 12.7. The van der Waals surface area contributed by atoms with Crippen molar-refractivity contribution in [1.29, 1.82) is 0 Å². The molecule has 3 aromatic rings. The maximum Gasteiger partial charge on any atom is 0.294 e. The van der Waals surface area contributed by atoms with Crippen molar-refractivity contribution in [2.75, 3.05) is 4.90 Å². The summed E-state index contributed by atoms with van der Waals surface area (Å²) in [7, 11) is 0. The quantitative estimate of drug-likeness (QED) is 0.726. The van der Waals surface area contributed by atoms with Crippen LogP contribution in [0.5, 0.6) is 0 Å². The number of nitrogens with zero attached hydrogens (tertiary/aromatic N) is 2. The number of rotatable bonds is 4. The number of anilines is 1. The van der Waals surface area contributed by atoms with E-state index in [0.717, 1.165) is 11.3 Å². The smallest absolute Gasteiger partial charge is 0.294 e. The van der Waals surface area contributed by atoms with Crippen LogP contribution in [0.1, 0.15) is 16.1 Å². The van der Waals surface area contributed by atoms with E-state index >= 15 is 0 Å². The molecule has 2 heterocycles. The summed E-state index contributed by atoms with van der Waals surface area (Å²) < 4.78 is 5.23. The van der Waals surface area contributed by atoms with E-state index in [-0.39, 0.29) is 5.91 Å². The minimum absolute atomic E-state index is 0.212. The molecular weight excluding hydrogens is 300 g/mol. The largest absolute Gasteiger partial charge is 0.459 e. The number of pyridine rings is 1. The van der Waals surface area contributed by atoms with E-state index in [1.165, 1.54) is 6.26 Å². The molecule has 0 saturated carbocycles. The van der Waals surface area contributed by atoms with Crippen LogP contribution in [0.2, 0.25) is 5.02 Å². The van der Waals surface area contributed by atoms with E-state index in [1.54, 1.807) is 53.7 Å². The third-order valence-corrected chi connectivity index (χ3v) is 3.43. The monoisotopic (exact) mass is 312 g/mol. The molecule has 0 fully saturated rings. The Morgan fingerprint density at radius 1 is 1.14 bits per heavy atom. The van der Waals surface area contributed by atoms with E-state index in [2.05, 4.69) is 4.98 Å². The highest BCUT2D eigenvalue weighted by Gasteiger charge is 2.20. The Bertz CT molecular complexity index is 740. The first kappa shape index (κ1) is 14.4. The number of amides is 1. The lowest BCUT2D eigenvalue weighted by atomic mass is 10.2. The van der Waals surface area contributed by atoms with Gasteiger partial charge in [0.1, 0.15) is 0 Å². The molecular formula is C17H13ClN2O2. The lowest BCUT2D eigenvalue weighted by molar-refractivity contribution is 0.0958. The van der Waals surface area contributed by atoms with Gasteiger partial charge in [0, 0.05) is 23.1 Å². The third kappa shape index (κ3) is 3.18. The Kier molecular flexibility index (Phi) is 4.21. The molecule has 0 aliphatic carbocycles. The fourth-order valence-corrected chi connectivity index (χ4v) is 2.23. The van der Waals surface area contributed by atoms with Gasteiger partial charge in [-0.1, -0.05) is 17.7 Å². The number of hydrogen-bond donors (Lipinski definition) is 0. The molecule has 0 saturated heterocycles. The number of benzene rings is 1. The minimum atomic E-state index is -0.212. The number of furan rings is 1. The fourth-order valence-electron chi connectivity index (χ4n) is 2.11. The molecule has 0 bridgehead atoms. The summed E-state index contributed by atoms with van der Waals surface area (Å²) in [5.74, 6) is 0.0787. The Balaban J connectivity index is 1.94. The lowest BCUT2D eigenvalue weighted by Crippen LogP contribution is -2.30. The highest BCUT2D eigenvalue weighted by Crippen LogP contribution is 2.22. The van der Waals surface area contributed by atoms with Crippen LogP contribution in [0.3, 0.4) is 0 Å². The number of halogens is 1. The van der Waals surface area contributed by atoms with Crippen LogP contribution in [0.15, 0.2) is 71.6 Å². The summed E-state index contributed by atoms with van der Waals surface area (Å²) in [6.45, 7) is 0.398. The van der Waals surface area contributed by atoms with Crippen LogP contribution >= 0.6 is 11.6 Å². The van der Waals surface area contributed by atoms with E-state index in [1.807, 2.05) is 12.1 Å². The topological polar surface area (TPSA) is 46.3 Å². The predicted molar refractivity (Wildman–Crippen MR) is 84.9 cm³/mol. The molecule has 5 heteroatoms. The Morgan fingerprint density at radius 3 is 2.59 bits per heavy atom. The van der Waals surface area contributed by atoms with Crippen molar-refractivity contribution in [3.63, 3.8) is 0 Å². The summed E-state index contributed by atoms with van der Waals surface area (Å²) >= 11 is 5.92. The summed E-state index contributed by atoms with van der Waals surface area (Å²) in [4.78, 5) is 18.4. The molecule has 1 aromatic carbocycles. The van der Waals surface area contributed by atoms with Crippen molar-refractivity contribution < 1.29 is 9.21 Å². The van der Waals surface area contributed by atoms with Gasteiger partial charge in [-0.15, -0.1) is 0 Å². The van der Waals surface area contributed by atoms with Crippen molar-refractivity contribution in [3.05, 3.63) is 83.5 Å². The van der Waals surface area contributed by atoms with Crippen molar-refractivity contribution in [1.82, 2.24) is 4.98 Å². The first-order chi connectivity index (χ1) is 10.7. The highest BCUT2D eigenvalue weighted by molar-refractivity contribution is 6.30. The average Bonchev–Trinajstić information content (AvgIpc) is 3.08. The van der Waals surface area contributed by atoms with Gasteiger partial charge in [-0.05, 0) is 48.0 Å². The molecule has 0 unspecified atom stereocenters. The standard InChI is InChI=1S/C17H13ClN2O2/c18-14-5-7-15(8-6-14)20(12-13-3-1-9-19-11-13)17(21)16-4-2-10-22-16/h1-11H,12H2. The summed E-state index contributed by atoms with van der Waals surface area (Å²) in [5, 5.41) is 0.621. The van der Waals surface area contributed by atoms with Crippen LogP contribution in [0.4, 0.5) is 5.69 Å². The highest BCUT2D eigenvalue weighted by atomic mass is 35.5. The van der Waals surface area contributed by atoms with Gasteiger partial charge in [0.05, 0.1) is 12.8 Å². The first-order valence-corrected chi connectivity index (χ1v) is 7.12. The Morgan fingerprint density at radius 2 is 1.95 bits per heavy atom. The third-order valence-electron chi connectivity index (χ3n) is 3.18. The molecule has 0 radical (unpaired) electrons. The number of carbonyl (C=O) groups is 1. The van der Waals surface area contributed by atoms with Gasteiger partial charge in [0.15, 0.2) is 5.76 Å². The van der Waals surface area contributed by atoms with Gasteiger partial charge < -0.3 is 9.32 Å². The van der Waals surface area contributed by atoms with Crippen molar-refractivity contribution in [2.24, 2.45) is 0 Å². The first-order valence-electron chi connectivity index (χ1n) is 6.74. The molecule has 22 heavy (non-hydrogen) atoms. The van der Waals surface area contributed by atoms with Gasteiger partial charge in [-0.25, -0.2) is 0 Å². The summed E-state index contributed by atoms with van der Waals surface area (Å²) in [6, 6.07) is 14.2. The lowest BCUT2D eigenvalue weighted by Gasteiger charge is -2.22. The van der Waals surface area contributed by atoms with Crippen molar-refractivity contribution >= 4 is 23.2 Å². The molecule has 0 atom stereocenters. The summed E-state index contributed by atoms with van der Waals surface area (Å²) in [6.07, 6.45) is 4.92. The number of hydrogen-bond acceptors (Lipinski definition) is 3. The van der Waals surface area contributed by atoms with Gasteiger partial charge in [-0.2, -0.15) is 0 Å². The van der Waals surface area contributed by atoms with Crippen LogP contribution in [0, 0.1) is 0 Å². The van der Waals surface area contributed by atoms with Crippen LogP contribution in [-0.2, 0) is 6.54 Å². The van der Waals surface area contributed by atoms with E-state index in [4.69, 9.17) is 16.0 Å². The molecule has 0 spiro atoms. The zero-order chi connectivity index (χ0) is 15.4. The minimum Gasteiger partial charge on any atom is -0.459 e. The van der Waals surface area contributed by atoms with Crippen LogP contribution in [-0.4, -0.2) is 10.9 Å². The molecule has 4 nitrogen and oxygen atoms in total. The average molecular weight is 313 g/mol. The van der Waals surface area contributed by atoms with E-state index < -0.39 is 0 Å². The Hall–Kier alpha value is -2.59. The van der Waals surface area contributed by atoms with Crippen LogP contribution in [0.25, 0.3) is 0 Å². The van der Waals surface area contributed by atoms with E-state index in [9.17, 15) is 4.79 Å². The van der Waals surface area contributed by atoms with Crippen molar-refractivity contribution in [3.8, 4) is 0 Å². The predicted octanol–water partition coefficient (Wildman–Crippen LogP) is 4.18. The SMILES string of the molecule is O=C(c1ccco1)N(Cc1cccnc1)c1ccc(Cl)cc1. The fraction of sp³-hybridized carbons (Fsp3) is 0.0588.